The maximum absolute atomic E-state index is 12.4. The molecular weight excluding hydrogens is 362 g/mol. The molecule has 0 radical (unpaired) electrons. The van der Waals surface area contributed by atoms with Crippen molar-refractivity contribution in [1.82, 2.24) is 14.8 Å². The van der Waals surface area contributed by atoms with Crippen molar-refractivity contribution in [2.45, 2.75) is 52.7 Å². The number of anilines is 1. The van der Waals surface area contributed by atoms with Gasteiger partial charge in [0.15, 0.2) is 0 Å². The Bertz CT molecular complexity index is 900. The van der Waals surface area contributed by atoms with E-state index in [4.69, 9.17) is 4.74 Å². The summed E-state index contributed by atoms with van der Waals surface area (Å²) in [6, 6.07) is 3.99. The number of hydrogen-bond donors (Lipinski definition) is 1. The van der Waals surface area contributed by atoms with Crippen LogP contribution in [0, 0.1) is 25.2 Å². The van der Waals surface area contributed by atoms with E-state index in [0.29, 0.717) is 5.13 Å². The van der Waals surface area contributed by atoms with Crippen LogP contribution >= 0.6 is 11.3 Å². The Kier molecular flexibility index (Phi) is 6.04. The first kappa shape index (κ1) is 19.3. The van der Waals surface area contributed by atoms with Crippen molar-refractivity contribution >= 4 is 28.5 Å². The summed E-state index contributed by atoms with van der Waals surface area (Å²) in [7, 11) is 0. The normalized spacial score (nSPS) is 17.1. The molecule has 1 atom stereocenters. The van der Waals surface area contributed by atoms with E-state index < -0.39 is 5.91 Å². The molecule has 7 nitrogen and oxygen atoms in total. The van der Waals surface area contributed by atoms with Gasteiger partial charge in [-0.25, -0.2) is 0 Å². The van der Waals surface area contributed by atoms with E-state index in [1.165, 1.54) is 11.3 Å². The van der Waals surface area contributed by atoms with Crippen LogP contribution in [0.3, 0.4) is 0 Å². The molecule has 1 fully saturated rings. The molecule has 1 aliphatic rings. The SMILES string of the molecule is CCc1nnc(NC(=O)/C(C#N)=C/c2cc(C)n(CC3CCCO3)c2C)s1. The van der Waals surface area contributed by atoms with Crippen LogP contribution in [-0.4, -0.2) is 33.4 Å². The van der Waals surface area contributed by atoms with Crippen LogP contribution in [0.5, 0.6) is 0 Å². The number of nitrogens with zero attached hydrogens (tertiary/aromatic N) is 4. The summed E-state index contributed by atoms with van der Waals surface area (Å²) in [6.45, 7) is 7.61. The number of hydrogen-bond acceptors (Lipinski definition) is 6. The summed E-state index contributed by atoms with van der Waals surface area (Å²) in [5.74, 6) is -0.472. The fourth-order valence-corrected chi connectivity index (χ4v) is 3.84. The molecule has 1 amide bonds. The number of nitriles is 1. The number of amides is 1. The van der Waals surface area contributed by atoms with Crippen LogP contribution in [0.4, 0.5) is 5.13 Å². The lowest BCUT2D eigenvalue weighted by atomic mass is 10.1. The minimum Gasteiger partial charge on any atom is -0.376 e. The maximum Gasteiger partial charge on any atom is 0.268 e. The van der Waals surface area contributed by atoms with Gasteiger partial charge in [0.25, 0.3) is 5.91 Å². The first-order valence-electron chi connectivity index (χ1n) is 9.05. The van der Waals surface area contributed by atoms with E-state index in [9.17, 15) is 10.1 Å². The minimum atomic E-state index is -0.472. The van der Waals surface area contributed by atoms with Gasteiger partial charge in [0.1, 0.15) is 16.6 Å². The predicted molar refractivity (Wildman–Crippen MR) is 104 cm³/mol. The molecule has 0 aromatic carbocycles. The second-order valence-electron chi connectivity index (χ2n) is 6.55. The predicted octanol–water partition coefficient (Wildman–Crippen LogP) is 3.24. The van der Waals surface area contributed by atoms with E-state index >= 15 is 0 Å². The Balaban J connectivity index is 1.78. The maximum atomic E-state index is 12.4. The Morgan fingerprint density at radius 2 is 2.33 bits per heavy atom. The van der Waals surface area contributed by atoms with Gasteiger partial charge in [0.05, 0.1) is 6.10 Å². The van der Waals surface area contributed by atoms with Crippen molar-refractivity contribution in [1.29, 1.82) is 5.26 Å². The molecule has 0 spiro atoms. The minimum absolute atomic E-state index is 0.0422. The van der Waals surface area contributed by atoms with E-state index in [1.807, 2.05) is 32.9 Å². The Morgan fingerprint density at radius 3 is 2.96 bits per heavy atom. The lowest BCUT2D eigenvalue weighted by Crippen LogP contribution is -2.17. The van der Waals surface area contributed by atoms with Crippen molar-refractivity contribution in [3.8, 4) is 6.07 Å². The van der Waals surface area contributed by atoms with Crippen LogP contribution in [-0.2, 0) is 22.5 Å². The first-order valence-corrected chi connectivity index (χ1v) is 9.87. The smallest absolute Gasteiger partial charge is 0.268 e. The Hall–Kier alpha value is -2.50. The van der Waals surface area contributed by atoms with Crippen molar-refractivity contribution in [2.75, 3.05) is 11.9 Å². The largest absolute Gasteiger partial charge is 0.376 e. The molecule has 1 saturated heterocycles. The molecule has 142 valence electrons. The molecule has 2 aromatic rings. The van der Waals surface area contributed by atoms with Crippen LogP contribution in [0.2, 0.25) is 0 Å². The van der Waals surface area contributed by atoms with Gasteiger partial charge in [-0.2, -0.15) is 5.26 Å². The van der Waals surface area contributed by atoms with Gasteiger partial charge in [-0.15, -0.1) is 10.2 Å². The lowest BCUT2D eigenvalue weighted by Gasteiger charge is -2.14. The third-order valence-corrected chi connectivity index (χ3v) is 5.66. The van der Waals surface area contributed by atoms with Gasteiger partial charge < -0.3 is 9.30 Å². The zero-order valence-corrected chi connectivity index (χ0v) is 16.6. The van der Waals surface area contributed by atoms with E-state index in [2.05, 4.69) is 20.1 Å². The number of aryl methyl sites for hydroxylation is 2. The van der Waals surface area contributed by atoms with Crippen molar-refractivity contribution < 1.29 is 9.53 Å². The van der Waals surface area contributed by atoms with Gasteiger partial charge in [0, 0.05) is 24.5 Å². The summed E-state index contributed by atoms with van der Waals surface area (Å²) in [4.78, 5) is 12.4. The molecule has 1 unspecified atom stereocenters. The van der Waals surface area contributed by atoms with Gasteiger partial charge in [-0.1, -0.05) is 18.3 Å². The quantitative estimate of drug-likeness (QED) is 0.609. The number of ether oxygens (including phenoxy) is 1. The third kappa shape index (κ3) is 4.43. The third-order valence-electron chi connectivity index (χ3n) is 4.68. The Labute approximate surface area is 162 Å². The summed E-state index contributed by atoms with van der Waals surface area (Å²) in [5.41, 5.74) is 3.01. The number of rotatable bonds is 6. The first-order chi connectivity index (χ1) is 13.0. The fraction of sp³-hybridized carbons (Fsp3) is 0.474. The summed E-state index contributed by atoms with van der Waals surface area (Å²) in [5, 5.41) is 21.2. The highest BCUT2D eigenvalue weighted by atomic mass is 32.1. The number of nitrogens with one attached hydrogen (secondary N) is 1. The second kappa shape index (κ2) is 8.46. The van der Waals surface area contributed by atoms with E-state index in [0.717, 1.165) is 54.4 Å². The zero-order chi connectivity index (χ0) is 19.4. The van der Waals surface area contributed by atoms with Crippen molar-refractivity contribution in [2.24, 2.45) is 0 Å². The Morgan fingerprint density at radius 1 is 1.52 bits per heavy atom. The number of carbonyl (C=O) groups is 1. The highest BCUT2D eigenvalue weighted by Crippen LogP contribution is 2.23. The molecule has 0 aliphatic carbocycles. The molecular formula is C19H23N5O2S. The van der Waals surface area contributed by atoms with E-state index in [1.54, 1.807) is 6.08 Å². The fourth-order valence-electron chi connectivity index (χ4n) is 3.16. The van der Waals surface area contributed by atoms with Gasteiger partial charge in [0.2, 0.25) is 5.13 Å². The summed E-state index contributed by atoms with van der Waals surface area (Å²) in [6.07, 6.45) is 4.78. The standard InChI is InChI=1S/C19H23N5O2S/c1-4-17-22-23-19(27-17)21-18(25)15(10-20)9-14-8-12(2)24(13(14)3)11-16-6-5-7-26-16/h8-9,16H,4-7,11H2,1-3H3,(H,21,23,25)/b15-9+. The number of aromatic nitrogens is 3. The second-order valence-corrected chi connectivity index (χ2v) is 7.61. The molecule has 0 saturated carbocycles. The van der Waals surface area contributed by atoms with E-state index in [-0.39, 0.29) is 11.7 Å². The highest BCUT2D eigenvalue weighted by Gasteiger charge is 2.19. The molecule has 1 N–H and O–H groups in total. The topological polar surface area (TPSA) is 92.8 Å². The molecule has 1 aliphatic heterocycles. The van der Waals surface area contributed by atoms with Crippen LogP contribution < -0.4 is 5.32 Å². The van der Waals surface area contributed by atoms with Gasteiger partial charge in [-0.05, 0) is 50.8 Å². The molecule has 8 heteroatoms. The molecule has 3 rings (SSSR count). The number of carbonyl (C=O) groups excluding carboxylic acids is 1. The average Bonchev–Trinajstić information content (AvgIpc) is 3.38. The van der Waals surface area contributed by atoms with Crippen molar-refractivity contribution in [3.05, 3.63) is 33.6 Å². The zero-order valence-electron chi connectivity index (χ0n) is 15.8. The summed E-state index contributed by atoms with van der Waals surface area (Å²) >= 11 is 1.31. The van der Waals surface area contributed by atoms with Gasteiger partial charge in [-0.3, -0.25) is 10.1 Å². The molecule has 0 bridgehead atoms. The van der Waals surface area contributed by atoms with Crippen LogP contribution in [0.1, 0.15) is 41.7 Å². The highest BCUT2D eigenvalue weighted by molar-refractivity contribution is 7.15. The average molecular weight is 385 g/mol. The summed E-state index contributed by atoms with van der Waals surface area (Å²) < 4.78 is 7.92. The molecule has 3 heterocycles. The van der Waals surface area contributed by atoms with Crippen molar-refractivity contribution in [3.63, 3.8) is 0 Å². The monoisotopic (exact) mass is 385 g/mol. The molecule has 27 heavy (non-hydrogen) atoms. The van der Waals surface area contributed by atoms with Gasteiger partial charge >= 0.3 is 0 Å². The lowest BCUT2D eigenvalue weighted by molar-refractivity contribution is -0.112. The molecule has 2 aromatic heterocycles. The van der Waals surface area contributed by atoms with Crippen LogP contribution in [0.15, 0.2) is 11.6 Å². The van der Waals surface area contributed by atoms with Crippen LogP contribution in [0.25, 0.3) is 6.08 Å².